The van der Waals surface area contributed by atoms with Crippen LogP contribution in [0.1, 0.15) is 16.9 Å². The highest BCUT2D eigenvalue weighted by Gasteiger charge is 2.10. The molecule has 1 aliphatic heterocycles. The number of furan rings is 1. The number of fused-ring (bicyclic) bond motifs is 1. The van der Waals surface area contributed by atoms with Gasteiger partial charge in [-0.2, -0.15) is 0 Å². The highest BCUT2D eigenvalue weighted by Crippen LogP contribution is 2.23. The summed E-state index contributed by atoms with van der Waals surface area (Å²) in [5, 5.41) is 3.33. The Bertz CT molecular complexity index is 477. The molecule has 0 aliphatic carbocycles. The number of rotatable bonds is 3. The van der Waals surface area contributed by atoms with Crippen LogP contribution in [-0.2, 0) is 24.5 Å². The number of ether oxygens (including phenoxy) is 1. The van der Waals surface area contributed by atoms with Crippen LogP contribution in [0.2, 0.25) is 0 Å². The van der Waals surface area contributed by atoms with Gasteiger partial charge in [0.15, 0.2) is 0 Å². The lowest BCUT2D eigenvalue weighted by Gasteiger charge is -2.06. The summed E-state index contributed by atoms with van der Waals surface area (Å²) in [6.07, 6.45) is 1.69. The van der Waals surface area contributed by atoms with E-state index >= 15 is 0 Å². The quantitative estimate of drug-likeness (QED) is 0.854. The Kier molecular flexibility index (Phi) is 2.38. The molecular weight excluding hydrogens is 202 g/mol. The maximum atomic E-state index is 5.37. The third kappa shape index (κ3) is 1.82. The average Bonchev–Trinajstić information content (AvgIpc) is 2.97. The molecule has 16 heavy (non-hydrogen) atoms. The Morgan fingerprint density at radius 1 is 1.12 bits per heavy atom. The second-order valence-corrected chi connectivity index (χ2v) is 3.91. The van der Waals surface area contributed by atoms with Gasteiger partial charge in [0.2, 0.25) is 0 Å². The summed E-state index contributed by atoms with van der Waals surface area (Å²) in [5.41, 5.74) is 3.69. The SMILES string of the molecule is c1coc(CNc2ccc3c(c2)COC3)c1. The first-order chi connectivity index (χ1) is 7.92. The summed E-state index contributed by atoms with van der Waals surface area (Å²) < 4.78 is 10.6. The van der Waals surface area contributed by atoms with Crippen LogP contribution in [0.4, 0.5) is 5.69 Å². The average molecular weight is 215 g/mol. The van der Waals surface area contributed by atoms with Gasteiger partial charge in [0.1, 0.15) is 5.76 Å². The minimum absolute atomic E-state index is 0.715. The molecule has 2 aromatic rings. The van der Waals surface area contributed by atoms with E-state index in [1.54, 1.807) is 6.26 Å². The van der Waals surface area contributed by atoms with Crippen molar-refractivity contribution in [2.75, 3.05) is 5.32 Å². The minimum atomic E-state index is 0.715. The summed E-state index contributed by atoms with van der Waals surface area (Å²) in [5.74, 6) is 0.941. The lowest BCUT2D eigenvalue weighted by atomic mass is 10.1. The van der Waals surface area contributed by atoms with E-state index in [1.807, 2.05) is 12.1 Å². The van der Waals surface area contributed by atoms with Gasteiger partial charge in [-0.05, 0) is 35.4 Å². The molecule has 3 rings (SSSR count). The van der Waals surface area contributed by atoms with Gasteiger partial charge >= 0.3 is 0 Å². The van der Waals surface area contributed by atoms with Crippen LogP contribution >= 0.6 is 0 Å². The van der Waals surface area contributed by atoms with Gasteiger partial charge in [-0.1, -0.05) is 6.07 Å². The third-order valence-electron chi connectivity index (χ3n) is 2.77. The molecule has 0 atom stereocenters. The first-order valence-corrected chi connectivity index (χ1v) is 5.37. The van der Waals surface area contributed by atoms with Crippen molar-refractivity contribution in [1.29, 1.82) is 0 Å². The number of anilines is 1. The van der Waals surface area contributed by atoms with E-state index in [0.717, 1.165) is 24.7 Å². The molecule has 0 spiro atoms. The van der Waals surface area contributed by atoms with Crippen molar-refractivity contribution >= 4 is 5.69 Å². The van der Waals surface area contributed by atoms with E-state index in [1.165, 1.54) is 11.1 Å². The zero-order chi connectivity index (χ0) is 10.8. The minimum Gasteiger partial charge on any atom is -0.467 e. The number of benzene rings is 1. The molecule has 0 fully saturated rings. The van der Waals surface area contributed by atoms with Crippen LogP contribution < -0.4 is 5.32 Å². The van der Waals surface area contributed by atoms with Crippen molar-refractivity contribution in [2.24, 2.45) is 0 Å². The van der Waals surface area contributed by atoms with E-state index in [-0.39, 0.29) is 0 Å². The van der Waals surface area contributed by atoms with Crippen molar-refractivity contribution in [1.82, 2.24) is 0 Å². The van der Waals surface area contributed by atoms with Gasteiger partial charge in [0.25, 0.3) is 0 Å². The molecule has 1 aliphatic rings. The van der Waals surface area contributed by atoms with E-state index in [4.69, 9.17) is 9.15 Å². The zero-order valence-corrected chi connectivity index (χ0v) is 8.90. The Balaban J connectivity index is 1.71. The van der Waals surface area contributed by atoms with E-state index in [9.17, 15) is 0 Å². The largest absolute Gasteiger partial charge is 0.467 e. The number of hydrogen-bond acceptors (Lipinski definition) is 3. The van der Waals surface area contributed by atoms with Crippen LogP contribution in [0.5, 0.6) is 0 Å². The fourth-order valence-electron chi connectivity index (χ4n) is 1.88. The lowest BCUT2D eigenvalue weighted by Crippen LogP contribution is -1.98. The molecule has 0 radical (unpaired) electrons. The molecule has 1 aromatic carbocycles. The van der Waals surface area contributed by atoms with Crippen molar-refractivity contribution in [3.63, 3.8) is 0 Å². The van der Waals surface area contributed by atoms with Crippen molar-refractivity contribution in [2.45, 2.75) is 19.8 Å². The van der Waals surface area contributed by atoms with Crippen LogP contribution in [0.3, 0.4) is 0 Å². The van der Waals surface area contributed by atoms with Gasteiger partial charge < -0.3 is 14.5 Å². The molecule has 3 heteroatoms. The Morgan fingerprint density at radius 2 is 2.06 bits per heavy atom. The van der Waals surface area contributed by atoms with E-state index < -0.39 is 0 Å². The monoisotopic (exact) mass is 215 g/mol. The van der Waals surface area contributed by atoms with E-state index in [0.29, 0.717) is 6.54 Å². The molecule has 0 saturated carbocycles. The highest BCUT2D eigenvalue weighted by atomic mass is 16.5. The van der Waals surface area contributed by atoms with Crippen LogP contribution in [0, 0.1) is 0 Å². The molecule has 1 aromatic heterocycles. The summed E-state index contributed by atoms with van der Waals surface area (Å²) in [7, 11) is 0. The van der Waals surface area contributed by atoms with Gasteiger partial charge in [0, 0.05) is 5.69 Å². The topological polar surface area (TPSA) is 34.4 Å². The summed E-state index contributed by atoms with van der Waals surface area (Å²) in [6.45, 7) is 2.19. The summed E-state index contributed by atoms with van der Waals surface area (Å²) in [6, 6.07) is 10.2. The second kappa shape index (κ2) is 4.02. The summed E-state index contributed by atoms with van der Waals surface area (Å²) >= 11 is 0. The molecule has 1 N–H and O–H groups in total. The number of hydrogen-bond donors (Lipinski definition) is 1. The second-order valence-electron chi connectivity index (χ2n) is 3.91. The fraction of sp³-hybridized carbons (Fsp3) is 0.231. The van der Waals surface area contributed by atoms with Crippen molar-refractivity contribution in [3.8, 4) is 0 Å². The van der Waals surface area contributed by atoms with Gasteiger partial charge in [0.05, 0.1) is 26.0 Å². The first kappa shape index (κ1) is 9.48. The van der Waals surface area contributed by atoms with Gasteiger partial charge in [-0.3, -0.25) is 0 Å². The maximum absolute atomic E-state index is 5.37. The van der Waals surface area contributed by atoms with Crippen LogP contribution in [0.15, 0.2) is 41.0 Å². The normalized spacial score (nSPS) is 13.8. The molecule has 0 saturated heterocycles. The Labute approximate surface area is 94.0 Å². The molecule has 0 amide bonds. The van der Waals surface area contributed by atoms with Crippen molar-refractivity contribution < 1.29 is 9.15 Å². The third-order valence-corrected chi connectivity index (χ3v) is 2.77. The summed E-state index contributed by atoms with van der Waals surface area (Å²) in [4.78, 5) is 0. The van der Waals surface area contributed by atoms with Gasteiger partial charge in [-0.15, -0.1) is 0 Å². The van der Waals surface area contributed by atoms with Crippen molar-refractivity contribution in [3.05, 3.63) is 53.5 Å². The van der Waals surface area contributed by atoms with Crippen LogP contribution in [0.25, 0.3) is 0 Å². The standard InChI is InChI=1S/C13H13NO2/c1-2-13(16-5-1)7-14-12-4-3-10-8-15-9-11(10)6-12/h1-6,14H,7-9H2. The first-order valence-electron chi connectivity index (χ1n) is 5.37. The molecule has 0 unspecified atom stereocenters. The fourth-order valence-corrected chi connectivity index (χ4v) is 1.88. The maximum Gasteiger partial charge on any atom is 0.122 e. The Hall–Kier alpha value is -1.74. The van der Waals surface area contributed by atoms with Crippen LogP contribution in [-0.4, -0.2) is 0 Å². The van der Waals surface area contributed by atoms with Gasteiger partial charge in [-0.25, -0.2) is 0 Å². The lowest BCUT2D eigenvalue weighted by molar-refractivity contribution is 0.134. The molecule has 2 heterocycles. The highest BCUT2D eigenvalue weighted by molar-refractivity contribution is 5.49. The molecule has 3 nitrogen and oxygen atoms in total. The predicted molar refractivity (Wildman–Crippen MR) is 61.0 cm³/mol. The number of nitrogens with one attached hydrogen (secondary N) is 1. The predicted octanol–water partition coefficient (Wildman–Crippen LogP) is 2.92. The van der Waals surface area contributed by atoms with E-state index in [2.05, 4.69) is 23.5 Å². The molecular formula is C13H13NO2. The Morgan fingerprint density at radius 3 is 2.94 bits per heavy atom. The molecule has 82 valence electrons. The molecule has 0 bridgehead atoms. The smallest absolute Gasteiger partial charge is 0.122 e. The zero-order valence-electron chi connectivity index (χ0n) is 8.90.